The Morgan fingerprint density at radius 3 is 2.33 bits per heavy atom. The summed E-state index contributed by atoms with van der Waals surface area (Å²) in [4.78, 5) is 0. The second-order valence-electron chi connectivity index (χ2n) is 4.00. The number of rotatable bonds is 5. The molecule has 3 heteroatoms. The average Bonchev–Trinajstić information content (AvgIpc) is 2.23. The Morgan fingerprint density at radius 2 is 1.80 bits per heavy atom. The van der Waals surface area contributed by atoms with Crippen molar-refractivity contribution >= 4 is 15.9 Å². The van der Waals surface area contributed by atoms with Crippen LogP contribution in [0.15, 0.2) is 28.7 Å². The SMILES string of the molecule is CC(Cc1ccccc1Br)C(CN)CN. The highest BCUT2D eigenvalue weighted by Crippen LogP contribution is 2.22. The minimum Gasteiger partial charge on any atom is -0.330 e. The maximum Gasteiger partial charge on any atom is 0.0207 e. The molecule has 1 aromatic rings. The van der Waals surface area contributed by atoms with Crippen molar-refractivity contribution in [2.45, 2.75) is 13.3 Å². The van der Waals surface area contributed by atoms with Gasteiger partial charge in [-0.2, -0.15) is 0 Å². The lowest BCUT2D eigenvalue weighted by Gasteiger charge is -2.21. The molecule has 84 valence electrons. The summed E-state index contributed by atoms with van der Waals surface area (Å²) in [7, 11) is 0. The van der Waals surface area contributed by atoms with E-state index in [-0.39, 0.29) is 0 Å². The van der Waals surface area contributed by atoms with E-state index in [4.69, 9.17) is 11.5 Å². The summed E-state index contributed by atoms with van der Waals surface area (Å²) in [5, 5.41) is 0. The predicted molar refractivity (Wildman–Crippen MR) is 68.6 cm³/mol. The van der Waals surface area contributed by atoms with Crippen molar-refractivity contribution in [3.05, 3.63) is 34.3 Å². The lowest BCUT2D eigenvalue weighted by Crippen LogP contribution is -2.30. The van der Waals surface area contributed by atoms with E-state index in [1.807, 2.05) is 6.07 Å². The molecule has 0 saturated carbocycles. The van der Waals surface area contributed by atoms with Crippen molar-refractivity contribution in [3.63, 3.8) is 0 Å². The summed E-state index contributed by atoms with van der Waals surface area (Å²) in [5.74, 6) is 0.941. The van der Waals surface area contributed by atoms with E-state index in [0.717, 1.165) is 6.42 Å². The molecule has 0 radical (unpaired) electrons. The summed E-state index contributed by atoms with van der Waals surface area (Å²) in [6.07, 6.45) is 1.03. The summed E-state index contributed by atoms with van der Waals surface area (Å²) < 4.78 is 1.17. The van der Waals surface area contributed by atoms with Gasteiger partial charge in [-0.3, -0.25) is 0 Å². The van der Waals surface area contributed by atoms with Crippen molar-refractivity contribution < 1.29 is 0 Å². The summed E-state index contributed by atoms with van der Waals surface area (Å²) in [6, 6.07) is 8.31. The van der Waals surface area contributed by atoms with Crippen LogP contribution < -0.4 is 11.5 Å². The third kappa shape index (κ3) is 3.59. The van der Waals surface area contributed by atoms with Gasteiger partial charge in [0.15, 0.2) is 0 Å². The fourth-order valence-electron chi connectivity index (χ4n) is 1.74. The average molecular weight is 271 g/mol. The number of halogens is 1. The smallest absolute Gasteiger partial charge is 0.0207 e. The Hall–Kier alpha value is -0.380. The maximum atomic E-state index is 5.68. The summed E-state index contributed by atoms with van der Waals surface area (Å²) >= 11 is 3.56. The van der Waals surface area contributed by atoms with Gasteiger partial charge in [-0.1, -0.05) is 41.1 Å². The van der Waals surface area contributed by atoms with Crippen molar-refractivity contribution in [1.29, 1.82) is 0 Å². The van der Waals surface area contributed by atoms with Crippen LogP contribution in [0.25, 0.3) is 0 Å². The number of nitrogens with two attached hydrogens (primary N) is 2. The van der Waals surface area contributed by atoms with Crippen LogP contribution in [0, 0.1) is 11.8 Å². The molecule has 0 bridgehead atoms. The molecule has 0 fully saturated rings. The molecular formula is C12H19BrN2. The van der Waals surface area contributed by atoms with Gasteiger partial charge in [-0.25, -0.2) is 0 Å². The Kier molecular flexibility index (Phi) is 5.29. The minimum absolute atomic E-state index is 0.414. The first-order valence-corrected chi connectivity index (χ1v) is 6.11. The zero-order chi connectivity index (χ0) is 11.3. The van der Waals surface area contributed by atoms with E-state index in [0.29, 0.717) is 24.9 Å². The van der Waals surface area contributed by atoms with Gasteiger partial charge in [0.25, 0.3) is 0 Å². The van der Waals surface area contributed by atoms with Crippen LogP contribution in [-0.2, 0) is 6.42 Å². The van der Waals surface area contributed by atoms with Crippen molar-refractivity contribution in [3.8, 4) is 0 Å². The van der Waals surface area contributed by atoms with Gasteiger partial charge in [-0.15, -0.1) is 0 Å². The second-order valence-corrected chi connectivity index (χ2v) is 4.86. The van der Waals surface area contributed by atoms with E-state index >= 15 is 0 Å². The van der Waals surface area contributed by atoms with Crippen molar-refractivity contribution in [1.82, 2.24) is 0 Å². The Morgan fingerprint density at radius 1 is 1.20 bits per heavy atom. The molecule has 15 heavy (non-hydrogen) atoms. The van der Waals surface area contributed by atoms with E-state index < -0.39 is 0 Å². The standard InChI is InChI=1S/C12H19BrN2/c1-9(11(7-14)8-15)6-10-4-2-3-5-12(10)13/h2-5,9,11H,6-8,14-15H2,1H3. The van der Waals surface area contributed by atoms with Gasteiger partial charge < -0.3 is 11.5 Å². The van der Waals surface area contributed by atoms with Gasteiger partial charge in [0.2, 0.25) is 0 Å². The first kappa shape index (κ1) is 12.7. The quantitative estimate of drug-likeness (QED) is 0.862. The van der Waals surface area contributed by atoms with Crippen LogP contribution in [0.3, 0.4) is 0 Å². The molecule has 4 N–H and O–H groups in total. The maximum absolute atomic E-state index is 5.68. The topological polar surface area (TPSA) is 52.0 Å². The summed E-state index contributed by atoms with van der Waals surface area (Å²) in [5.41, 5.74) is 12.7. The first-order valence-electron chi connectivity index (χ1n) is 5.32. The van der Waals surface area contributed by atoms with Crippen molar-refractivity contribution in [2.75, 3.05) is 13.1 Å². The lowest BCUT2D eigenvalue weighted by atomic mass is 9.88. The van der Waals surface area contributed by atoms with Gasteiger partial charge in [0.05, 0.1) is 0 Å². The molecule has 2 nitrogen and oxygen atoms in total. The molecule has 0 aliphatic rings. The minimum atomic E-state index is 0.414. The molecule has 1 aromatic carbocycles. The van der Waals surface area contributed by atoms with Gasteiger partial charge in [0.1, 0.15) is 0 Å². The van der Waals surface area contributed by atoms with Crippen LogP contribution in [0.1, 0.15) is 12.5 Å². The van der Waals surface area contributed by atoms with Crippen molar-refractivity contribution in [2.24, 2.45) is 23.3 Å². The van der Waals surface area contributed by atoms with Gasteiger partial charge in [-0.05, 0) is 43.0 Å². The second kappa shape index (κ2) is 6.26. The molecule has 0 aliphatic heterocycles. The first-order chi connectivity index (χ1) is 7.19. The van der Waals surface area contributed by atoms with Crippen LogP contribution in [0.2, 0.25) is 0 Å². The Labute approximate surface area is 100 Å². The number of hydrogen-bond donors (Lipinski definition) is 2. The zero-order valence-corrected chi connectivity index (χ0v) is 10.7. The molecule has 1 rings (SSSR count). The molecule has 0 amide bonds. The molecule has 1 unspecified atom stereocenters. The number of benzene rings is 1. The van der Waals surface area contributed by atoms with Crippen LogP contribution in [-0.4, -0.2) is 13.1 Å². The lowest BCUT2D eigenvalue weighted by molar-refractivity contribution is 0.372. The molecule has 0 aromatic heterocycles. The molecule has 0 saturated heterocycles. The van der Waals surface area contributed by atoms with E-state index in [9.17, 15) is 0 Å². The monoisotopic (exact) mass is 270 g/mol. The largest absolute Gasteiger partial charge is 0.330 e. The normalized spacial score (nSPS) is 13.1. The summed E-state index contributed by atoms with van der Waals surface area (Å²) in [6.45, 7) is 3.55. The van der Waals surface area contributed by atoms with Gasteiger partial charge in [0, 0.05) is 4.47 Å². The third-order valence-corrected chi connectivity index (χ3v) is 3.68. The highest BCUT2D eigenvalue weighted by Gasteiger charge is 2.15. The number of hydrogen-bond acceptors (Lipinski definition) is 2. The van der Waals surface area contributed by atoms with E-state index in [2.05, 4.69) is 41.1 Å². The highest BCUT2D eigenvalue weighted by atomic mass is 79.9. The van der Waals surface area contributed by atoms with E-state index in [1.165, 1.54) is 10.0 Å². The zero-order valence-electron chi connectivity index (χ0n) is 9.12. The van der Waals surface area contributed by atoms with Crippen LogP contribution in [0.4, 0.5) is 0 Å². The van der Waals surface area contributed by atoms with Crippen LogP contribution >= 0.6 is 15.9 Å². The van der Waals surface area contributed by atoms with E-state index in [1.54, 1.807) is 0 Å². The highest BCUT2D eigenvalue weighted by molar-refractivity contribution is 9.10. The molecule has 0 spiro atoms. The molecular weight excluding hydrogens is 252 g/mol. The predicted octanol–water partition coefficient (Wildman–Crippen LogP) is 2.16. The third-order valence-electron chi connectivity index (χ3n) is 2.91. The molecule has 0 aliphatic carbocycles. The molecule has 1 atom stereocenters. The molecule has 0 heterocycles. The fourth-order valence-corrected chi connectivity index (χ4v) is 2.18. The van der Waals surface area contributed by atoms with Crippen LogP contribution in [0.5, 0.6) is 0 Å². The Balaban J connectivity index is 2.65. The fraction of sp³-hybridized carbons (Fsp3) is 0.500. The van der Waals surface area contributed by atoms with Gasteiger partial charge >= 0.3 is 0 Å². The Bertz CT molecular complexity index is 297.